The molecule has 2 fully saturated rings. The molecule has 2 heteroatoms. The average Bonchev–Trinajstić information content (AvgIpc) is 2.64. The van der Waals surface area contributed by atoms with Crippen LogP contribution < -0.4 is 4.74 Å². The maximum absolute atomic E-state index is 6.07. The standard InChI is InChI=1S/C22H34O2/c1-3-4-18-5-7-21(8-6-18)24-17-19-9-13-22(14-10-19)15-11-20(23-2)12-16-22/h5-8,19-20H,3-4,9-17H2,1-2H3. The fourth-order valence-electron chi connectivity index (χ4n) is 4.65. The molecule has 1 spiro atoms. The van der Waals surface area contributed by atoms with Gasteiger partial charge in [0.05, 0.1) is 12.7 Å². The van der Waals surface area contributed by atoms with E-state index in [1.165, 1.54) is 63.4 Å². The van der Waals surface area contributed by atoms with E-state index in [0.29, 0.717) is 11.5 Å². The molecular formula is C22H34O2. The number of methoxy groups -OCH3 is 1. The Hall–Kier alpha value is -1.02. The molecule has 0 N–H and O–H groups in total. The van der Waals surface area contributed by atoms with Crippen molar-refractivity contribution in [3.8, 4) is 5.75 Å². The van der Waals surface area contributed by atoms with E-state index < -0.39 is 0 Å². The predicted molar refractivity (Wildman–Crippen MR) is 99.6 cm³/mol. The Morgan fingerprint density at radius 1 is 0.958 bits per heavy atom. The maximum atomic E-state index is 6.07. The van der Waals surface area contributed by atoms with E-state index in [-0.39, 0.29) is 0 Å². The number of rotatable bonds is 6. The highest BCUT2D eigenvalue weighted by molar-refractivity contribution is 5.27. The second-order valence-electron chi connectivity index (χ2n) is 8.08. The van der Waals surface area contributed by atoms with Crippen molar-refractivity contribution in [3.63, 3.8) is 0 Å². The van der Waals surface area contributed by atoms with E-state index in [4.69, 9.17) is 9.47 Å². The molecule has 3 rings (SSSR count). The van der Waals surface area contributed by atoms with Crippen LogP contribution in [0, 0.1) is 11.3 Å². The largest absolute Gasteiger partial charge is 0.493 e. The number of hydrogen-bond donors (Lipinski definition) is 0. The third-order valence-corrected chi connectivity index (χ3v) is 6.44. The van der Waals surface area contributed by atoms with Crippen LogP contribution in [0.15, 0.2) is 24.3 Å². The van der Waals surface area contributed by atoms with Gasteiger partial charge in [0.15, 0.2) is 0 Å². The number of hydrogen-bond acceptors (Lipinski definition) is 2. The summed E-state index contributed by atoms with van der Waals surface area (Å²) in [7, 11) is 1.87. The molecule has 1 aromatic carbocycles. The van der Waals surface area contributed by atoms with E-state index in [1.54, 1.807) is 0 Å². The first kappa shape index (κ1) is 17.8. The molecule has 0 radical (unpaired) electrons. The van der Waals surface area contributed by atoms with E-state index in [0.717, 1.165) is 24.7 Å². The van der Waals surface area contributed by atoms with Crippen LogP contribution in [0.2, 0.25) is 0 Å². The SMILES string of the molecule is CCCc1ccc(OCC2CCC3(CC2)CCC(OC)CC3)cc1. The summed E-state index contributed by atoms with van der Waals surface area (Å²) in [6.45, 7) is 3.12. The third-order valence-electron chi connectivity index (χ3n) is 6.44. The Morgan fingerprint density at radius 3 is 2.17 bits per heavy atom. The molecule has 0 atom stereocenters. The Bertz CT molecular complexity index is 475. The summed E-state index contributed by atoms with van der Waals surface area (Å²) in [5, 5.41) is 0. The molecule has 2 aliphatic carbocycles. The fraction of sp³-hybridized carbons (Fsp3) is 0.727. The van der Waals surface area contributed by atoms with Gasteiger partial charge in [-0.2, -0.15) is 0 Å². The van der Waals surface area contributed by atoms with Gasteiger partial charge < -0.3 is 9.47 Å². The van der Waals surface area contributed by atoms with Crippen LogP contribution in [-0.2, 0) is 11.2 Å². The first-order valence-corrected chi connectivity index (χ1v) is 9.97. The summed E-state index contributed by atoms with van der Waals surface area (Å²) in [6, 6.07) is 8.70. The lowest BCUT2D eigenvalue weighted by Gasteiger charge is -2.44. The lowest BCUT2D eigenvalue weighted by molar-refractivity contribution is 0.00111. The summed E-state index contributed by atoms with van der Waals surface area (Å²) >= 11 is 0. The van der Waals surface area contributed by atoms with Gasteiger partial charge in [-0.25, -0.2) is 0 Å². The van der Waals surface area contributed by atoms with Crippen molar-refractivity contribution < 1.29 is 9.47 Å². The van der Waals surface area contributed by atoms with Crippen LogP contribution in [0.4, 0.5) is 0 Å². The van der Waals surface area contributed by atoms with Gasteiger partial charge in [0.1, 0.15) is 5.75 Å². The van der Waals surface area contributed by atoms with Crippen molar-refractivity contribution in [2.45, 2.75) is 77.2 Å². The molecule has 1 aromatic rings. The summed E-state index contributed by atoms with van der Waals surface area (Å²) in [5.41, 5.74) is 2.05. The molecule has 134 valence electrons. The van der Waals surface area contributed by atoms with Gasteiger partial charge in [-0.3, -0.25) is 0 Å². The monoisotopic (exact) mass is 330 g/mol. The topological polar surface area (TPSA) is 18.5 Å². The minimum absolute atomic E-state index is 0.521. The highest BCUT2D eigenvalue weighted by Crippen LogP contribution is 2.49. The van der Waals surface area contributed by atoms with E-state index >= 15 is 0 Å². The highest BCUT2D eigenvalue weighted by Gasteiger charge is 2.38. The Labute approximate surface area is 147 Å². The molecule has 2 nitrogen and oxygen atoms in total. The maximum Gasteiger partial charge on any atom is 0.119 e. The molecule has 2 aliphatic rings. The van der Waals surface area contributed by atoms with Gasteiger partial charge in [-0.1, -0.05) is 25.5 Å². The van der Waals surface area contributed by atoms with Gasteiger partial charge in [0, 0.05) is 7.11 Å². The van der Waals surface area contributed by atoms with Crippen LogP contribution in [0.3, 0.4) is 0 Å². The molecule has 0 aromatic heterocycles. The summed E-state index contributed by atoms with van der Waals surface area (Å²) in [4.78, 5) is 0. The first-order chi connectivity index (χ1) is 11.7. The first-order valence-electron chi connectivity index (χ1n) is 9.97. The molecule has 0 bridgehead atoms. The predicted octanol–water partition coefficient (Wildman–Crippen LogP) is 5.78. The minimum Gasteiger partial charge on any atom is -0.493 e. The van der Waals surface area contributed by atoms with Crippen LogP contribution >= 0.6 is 0 Å². The number of aryl methyl sites for hydroxylation is 1. The highest BCUT2D eigenvalue weighted by atomic mass is 16.5. The van der Waals surface area contributed by atoms with Crippen LogP contribution in [0.25, 0.3) is 0 Å². The molecule has 24 heavy (non-hydrogen) atoms. The van der Waals surface area contributed by atoms with Crippen molar-refractivity contribution in [2.75, 3.05) is 13.7 Å². The summed E-state index contributed by atoms with van der Waals surface area (Å²) in [5.74, 6) is 1.78. The van der Waals surface area contributed by atoms with Crippen LogP contribution in [0.5, 0.6) is 5.75 Å². The van der Waals surface area contributed by atoms with Gasteiger partial charge in [0.2, 0.25) is 0 Å². The van der Waals surface area contributed by atoms with Crippen molar-refractivity contribution in [3.05, 3.63) is 29.8 Å². The van der Waals surface area contributed by atoms with Gasteiger partial charge in [-0.05, 0) is 86.8 Å². The van der Waals surface area contributed by atoms with Crippen molar-refractivity contribution in [1.29, 1.82) is 0 Å². The Balaban J connectivity index is 1.41. The summed E-state index contributed by atoms with van der Waals surface area (Å²) < 4.78 is 11.6. The zero-order valence-electron chi connectivity index (χ0n) is 15.6. The fourth-order valence-corrected chi connectivity index (χ4v) is 4.65. The van der Waals surface area contributed by atoms with E-state index in [1.807, 2.05) is 7.11 Å². The van der Waals surface area contributed by atoms with Crippen molar-refractivity contribution >= 4 is 0 Å². The van der Waals surface area contributed by atoms with Crippen molar-refractivity contribution in [2.24, 2.45) is 11.3 Å². The smallest absolute Gasteiger partial charge is 0.119 e. The Kier molecular flexibility index (Phi) is 6.21. The second kappa shape index (κ2) is 8.38. The lowest BCUT2D eigenvalue weighted by Crippen LogP contribution is -2.35. The number of ether oxygens (including phenoxy) is 2. The van der Waals surface area contributed by atoms with E-state index in [2.05, 4.69) is 31.2 Å². The second-order valence-corrected chi connectivity index (χ2v) is 8.08. The molecule has 0 heterocycles. The lowest BCUT2D eigenvalue weighted by atomic mass is 9.63. The number of benzene rings is 1. The molecule has 2 saturated carbocycles. The normalized spacial score (nSPS) is 30.4. The van der Waals surface area contributed by atoms with Crippen molar-refractivity contribution in [1.82, 2.24) is 0 Å². The van der Waals surface area contributed by atoms with Gasteiger partial charge in [-0.15, -0.1) is 0 Å². The minimum atomic E-state index is 0.521. The molecule has 0 amide bonds. The molecule has 0 aliphatic heterocycles. The molecular weight excluding hydrogens is 296 g/mol. The van der Waals surface area contributed by atoms with Crippen LogP contribution in [-0.4, -0.2) is 19.8 Å². The third kappa shape index (κ3) is 4.53. The molecule has 0 saturated heterocycles. The van der Waals surface area contributed by atoms with Gasteiger partial charge in [0.25, 0.3) is 0 Å². The zero-order valence-corrected chi connectivity index (χ0v) is 15.6. The van der Waals surface area contributed by atoms with E-state index in [9.17, 15) is 0 Å². The van der Waals surface area contributed by atoms with Gasteiger partial charge >= 0.3 is 0 Å². The average molecular weight is 331 g/mol. The van der Waals surface area contributed by atoms with Crippen LogP contribution in [0.1, 0.15) is 70.3 Å². The zero-order chi connectivity index (χ0) is 16.8. The quantitative estimate of drug-likeness (QED) is 0.658. The Morgan fingerprint density at radius 2 is 1.58 bits per heavy atom. The molecule has 0 unspecified atom stereocenters. The summed E-state index contributed by atoms with van der Waals surface area (Å²) in [6.07, 6.45) is 13.6.